The van der Waals surface area contributed by atoms with E-state index in [0.717, 1.165) is 19.3 Å². The van der Waals surface area contributed by atoms with Gasteiger partial charge in [0.05, 0.1) is 0 Å². The van der Waals surface area contributed by atoms with Crippen LogP contribution in [0.2, 0.25) is 0 Å². The van der Waals surface area contributed by atoms with Gasteiger partial charge in [0.15, 0.2) is 0 Å². The first-order valence-electron chi connectivity index (χ1n) is 9.96. The molecule has 0 unspecified atom stereocenters. The van der Waals surface area contributed by atoms with Crippen LogP contribution in [0.3, 0.4) is 0 Å². The minimum absolute atomic E-state index is 0. The van der Waals surface area contributed by atoms with Crippen LogP contribution in [0.5, 0.6) is 17.2 Å². The third-order valence-corrected chi connectivity index (χ3v) is 5.60. The number of unbranched alkanes of at least 4 members (excludes halogenated alkanes) is 7. The molecule has 0 aromatic heterocycles. The van der Waals surface area contributed by atoms with Gasteiger partial charge in [-0.15, -0.1) is 5.75 Å². The molecule has 2 rings (SSSR count). The molecular formula is C22H29KO5S. The number of para-hydroxylation sites is 1. The van der Waals surface area contributed by atoms with Crippen molar-refractivity contribution in [1.82, 2.24) is 0 Å². The number of benzene rings is 2. The molecule has 0 radical (unpaired) electrons. The van der Waals surface area contributed by atoms with E-state index in [9.17, 15) is 18.1 Å². The minimum atomic E-state index is -4.51. The molecule has 0 aliphatic rings. The van der Waals surface area contributed by atoms with E-state index in [1.165, 1.54) is 37.8 Å². The Morgan fingerprint density at radius 3 is 2.07 bits per heavy atom. The SMILES string of the molecule is CCCCCCCCCCc1c([O-])cc(Oc2ccccc2)cc1S(=O)(=O)O.[K+]. The summed E-state index contributed by atoms with van der Waals surface area (Å²) in [6.07, 6.45) is 9.12. The largest absolute Gasteiger partial charge is 1.00 e. The van der Waals surface area contributed by atoms with E-state index in [2.05, 4.69) is 6.92 Å². The van der Waals surface area contributed by atoms with Crippen LogP contribution < -0.4 is 61.2 Å². The molecule has 7 heteroatoms. The molecule has 0 atom stereocenters. The molecule has 0 aliphatic carbocycles. The molecule has 0 heterocycles. The van der Waals surface area contributed by atoms with E-state index in [1.807, 2.05) is 6.07 Å². The molecule has 1 N–H and O–H groups in total. The topological polar surface area (TPSA) is 86.7 Å². The number of hydrogen-bond donors (Lipinski definition) is 1. The van der Waals surface area contributed by atoms with Crippen molar-refractivity contribution < 1.29 is 74.2 Å². The third-order valence-electron chi connectivity index (χ3n) is 4.68. The molecule has 0 amide bonds. The zero-order valence-electron chi connectivity index (χ0n) is 17.4. The number of rotatable bonds is 12. The summed E-state index contributed by atoms with van der Waals surface area (Å²) in [6, 6.07) is 11.3. The Morgan fingerprint density at radius 2 is 1.48 bits per heavy atom. The van der Waals surface area contributed by atoms with E-state index in [4.69, 9.17) is 4.74 Å². The molecule has 0 saturated heterocycles. The Bertz CT molecular complexity index is 838. The van der Waals surface area contributed by atoms with Gasteiger partial charge < -0.3 is 9.84 Å². The molecule has 0 saturated carbocycles. The fourth-order valence-corrected chi connectivity index (χ4v) is 3.97. The van der Waals surface area contributed by atoms with E-state index < -0.39 is 15.9 Å². The molecule has 2 aromatic rings. The maximum atomic E-state index is 12.5. The van der Waals surface area contributed by atoms with Gasteiger partial charge in [-0.3, -0.25) is 4.55 Å². The van der Waals surface area contributed by atoms with Gasteiger partial charge in [0.25, 0.3) is 10.1 Å². The number of ether oxygens (including phenoxy) is 1. The molecule has 154 valence electrons. The number of hydrogen-bond acceptors (Lipinski definition) is 4. The molecule has 0 fully saturated rings. The van der Waals surface area contributed by atoms with Crippen molar-refractivity contribution in [1.29, 1.82) is 0 Å². The van der Waals surface area contributed by atoms with Gasteiger partial charge in [-0.25, -0.2) is 0 Å². The molecule has 2 aromatic carbocycles. The molecule has 0 spiro atoms. The third kappa shape index (κ3) is 9.51. The van der Waals surface area contributed by atoms with Gasteiger partial charge in [-0.05, 0) is 36.6 Å². The summed E-state index contributed by atoms with van der Waals surface area (Å²) >= 11 is 0. The standard InChI is InChI=1S/C22H30O5S.K/c1-2-3-4-5-6-7-8-12-15-20-21(23)16-19(17-22(20)28(24,25)26)27-18-13-10-9-11-14-18;/h9-11,13-14,16-17,23H,2-8,12,15H2,1H3,(H,24,25,26);/q;+1/p-1. The summed E-state index contributed by atoms with van der Waals surface area (Å²) in [5.74, 6) is 0.159. The summed E-state index contributed by atoms with van der Waals surface area (Å²) in [5, 5.41) is 12.5. The Balaban J connectivity index is 0.00000420. The van der Waals surface area contributed by atoms with Gasteiger partial charge in [0.1, 0.15) is 16.4 Å². The van der Waals surface area contributed by atoms with Crippen LogP contribution in [-0.2, 0) is 16.5 Å². The van der Waals surface area contributed by atoms with Crippen LogP contribution in [-0.4, -0.2) is 13.0 Å². The van der Waals surface area contributed by atoms with Crippen LogP contribution >= 0.6 is 0 Å². The minimum Gasteiger partial charge on any atom is -0.872 e. The first kappa shape index (κ1) is 26.6. The first-order chi connectivity index (χ1) is 13.4. The average Bonchev–Trinajstić information content (AvgIpc) is 2.65. The molecular weight excluding hydrogens is 415 g/mol. The van der Waals surface area contributed by atoms with Gasteiger partial charge in [-0.1, -0.05) is 70.1 Å². The predicted molar refractivity (Wildman–Crippen MR) is 109 cm³/mol. The zero-order chi connectivity index (χ0) is 20.4. The molecule has 0 aliphatic heterocycles. The summed E-state index contributed by atoms with van der Waals surface area (Å²) < 4.78 is 38.8. The first-order valence-corrected chi connectivity index (χ1v) is 11.4. The Kier molecular flexibility index (Phi) is 12.7. The Labute approximate surface area is 217 Å². The average molecular weight is 445 g/mol. The Hall–Kier alpha value is -0.414. The normalized spacial score (nSPS) is 11.1. The van der Waals surface area contributed by atoms with E-state index in [1.54, 1.807) is 24.3 Å². The maximum Gasteiger partial charge on any atom is 1.00 e. The summed E-state index contributed by atoms with van der Waals surface area (Å²) in [5.41, 5.74) is 0.133. The van der Waals surface area contributed by atoms with E-state index in [0.29, 0.717) is 18.6 Å². The van der Waals surface area contributed by atoms with Crippen molar-refractivity contribution in [2.24, 2.45) is 0 Å². The van der Waals surface area contributed by atoms with Crippen LogP contribution in [0.25, 0.3) is 0 Å². The summed E-state index contributed by atoms with van der Waals surface area (Å²) in [4.78, 5) is -0.353. The maximum absolute atomic E-state index is 12.5. The summed E-state index contributed by atoms with van der Waals surface area (Å²) in [7, 11) is -4.51. The second-order valence-corrected chi connectivity index (χ2v) is 8.40. The predicted octanol–water partition coefficient (Wildman–Crippen LogP) is 2.49. The van der Waals surface area contributed by atoms with Gasteiger partial charge >= 0.3 is 51.4 Å². The van der Waals surface area contributed by atoms with Crippen LogP contribution in [0.1, 0.15) is 63.9 Å². The molecule has 29 heavy (non-hydrogen) atoms. The van der Waals surface area contributed by atoms with E-state index in [-0.39, 0.29) is 67.6 Å². The zero-order valence-corrected chi connectivity index (χ0v) is 21.3. The molecule has 0 bridgehead atoms. The van der Waals surface area contributed by atoms with Gasteiger partial charge in [0, 0.05) is 6.07 Å². The quantitative estimate of drug-likeness (QED) is 0.309. The smallest absolute Gasteiger partial charge is 0.872 e. The van der Waals surface area contributed by atoms with Gasteiger partial charge in [0.2, 0.25) is 0 Å². The van der Waals surface area contributed by atoms with Crippen molar-refractivity contribution in [3.05, 3.63) is 48.0 Å². The van der Waals surface area contributed by atoms with Crippen molar-refractivity contribution in [2.75, 3.05) is 0 Å². The van der Waals surface area contributed by atoms with Crippen molar-refractivity contribution >= 4 is 10.1 Å². The fourth-order valence-electron chi connectivity index (χ4n) is 3.19. The van der Waals surface area contributed by atoms with Gasteiger partial charge in [-0.2, -0.15) is 8.42 Å². The van der Waals surface area contributed by atoms with Crippen LogP contribution in [0, 0.1) is 0 Å². The summed E-state index contributed by atoms with van der Waals surface area (Å²) in [6.45, 7) is 2.18. The second-order valence-electron chi connectivity index (χ2n) is 7.01. The van der Waals surface area contributed by atoms with Crippen LogP contribution in [0.15, 0.2) is 47.4 Å². The van der Waals surface area contributed by atoms with Crippen LogP contribution in [0.4, 0.5) is 0 Å². The van der Waals surface area contributed by atoms with Crippen molar-refractivity contribution in [3.63, 3.8) is 0 Å². The fraction of sp³-hybridized carbons (Fsp3) is 0.455. The second kappa shape index (κ2) is 13.8. The monoisotopic (exact) mass is 444 g/mol. The Morgan fingerprint density at radius 1 is 0.897 bits per heavy atom. The van der Waals surface area contributed by atoms with Crippen molar-refractivity contribution in [3.8, 4) is 17.2 Å². The van der Waals surface area contributed by atoms with Crippen molar-refractivity contribution in [2.45, 2.75) is 69.6 Å². The van der Waals surface area contributed by atoms with E-state index >= 15 is 0 Å². The molecule has 5 nitrogen and oxygen atoms in total.